The molecule has 2 amide bonds. The lowest BCUT2D eigenvalue weighted by molar-refractivity contribution is -0.142. The second-order valence-electron chi connectivity index (χ2n) is 9.64. The molecule has 186 valence electrons. The fourth-order valence-corrected chi connectivity index (χ4v) is 7.24. The Kier molecular flexibility index (Phi) is 6.70. The van der Waals surface area contributed by atoms with Gasteiger partial charge in [-0.15, -0.1) is 0 Å². The van der Waals surface area contributed by atoms with E-state index >= 15 is 0 Å². The summed E-state index contributed by atoms with van der Waals surface area (Å²) in [5.41, 5.74) is 0. The Hall–Kier alpha value is -2.33. The van der Waals surface area contributed by atoms with Gasteiger partial charge < -0.3 is 19.3 Å². The molecule has 1 aromatic rings. The molecule has 10 heteroatoms. The molecule has 0 N–H and O–H groups in total. The highest BCUT2D eigenvalue weighted by Crippen LogP contribution is 2.35. The number of benzene rings is 1. The second kappa shape index (κ2) is 9.73. The number of amides is 2. The number of hydrogen-bond acceptors (Lipinski definition) is 6. The van der Waals surface area contributed by atoms with E-state index in [4.69, 9.17) is 9.47 Å². The standard InChI is InChI=1S/C24H33N3O6S/c28-23(16-18-4-1-2-5-18)25-10-12-26(13-11-25)24(29)20-6-3-9-27(20)34(30,31)19-7-8-21-22(17-19)33-15-14-32-21/h7-8,17-18,20H,1-6,9-16H2. The van der Waals surface area contributed by atoms with Gasteiger partial charge in [-0.05, 0) is 43.7 Å². The normalized spacial score (nSPS) is 23.9. The first-order chi connectivity index (χ1) is 16.4. The summed E-state index contributed by atoms with van der Waals surface area (Å²) in [5.74, 6) is 1.46. The van der Waals surface area contributed by atoms with Gasteiger partial charge in [0.15, 0.2) is 11.5 Å². The van der Waals surface area contributed by atoms with Crippen LogP contribution in [0.15, 0.2) is 23.1 Å². The fourth-order valence-electron chi connectivity index (χ4n) is 5.57. The van der Waals surface area contributed by atoms with Gasteiger partial charge >= 0.3 is 0 Å². The minimum Gasteiger partial charge on any atom is -0.486 e. The number of sulfonamides is 1. The Bertz CT molecular complexity index is 1030. The molecule has 5 rings (SSSR count). The Labute approximate surface area is 201 Å². The zero-order valence-corrected chi connectivity index (χ0v) is 20.3. The minimum atomic E-state index is -3.86. The lowest BCUT2D eigenvalue weighted by Gasteiger charge is -2.37. The van der Waals surface area contributed by atoms with E-state index in [-0.39, 0.29) is 16.7 Å². The molecule has 1 atom stereocenters. The van der Waals surface area contributed by atoms with Crippen LogP contribution in [0.5, 0.6) is 11.5 Å². The summed E-state index contributed by atoms with van der Waals surface area (Å²) in [7, 11) is -3.86. The first-order valence-electron chi connectivity index (χ1n) is 12.4. The van der Waals surface area contributed by atoms with Crippen LogP contribution in [0.3, 0.4) is 0 Å². The van der Waals surface area contributed by atoms with E-state index < -0.39 is 16.1 Å². The van der Waals surface area contributed by atoms with Crippen LogP contribution in [0.2, 0.25) is 0 Å². The summed E-state index contributed by atoms with van der Waals surface area (Å²) in [6, 6.07) is 3.89. The smallest absolute Gasteiger partial charge is 0.243 e. The maximum atomic E-state index is 13.4. The largest absolute Gasteiger partial charge is 0.486 e. The van der Waals surface area contributed by atoms with Crippen LogP contribution < -0.4 is 9.47 Å². The van der Waals surface area contributed by atoms with E-state index in [1.807, 2.05) is 4.90 Å². The molecule has 1 saturated carbocycles. The average molecular weight is 492 g/mol. The maximum absolute atomic E-state index is 13.4. The molecule has 0 aromatic heterocycles. The van der Waals surface area contributed by atoms with Crippen LogP contribution in [0.25, 0.3) is 0 Å². The van der Waals surface area contributed by atoms with Crippen molar-refractivity contribution in [1.29, 1.82) is 0 Å². The lowest BCUT2D eigenvalue weighted by Crippen LogP contribution is -2.55. The Morgan fingerprint density at radius 1 is 0.853 bits per heavy atom. The summed E-state index contributed by atoms with van der Waals surface area (Å²) >= 11 is 0. The number of rotatable bonds is 5. The number of hydrogen-bond donors (Lipinski definition) is 0. The van der Waals surface area contributed by atoms with Crippen LogP contribution in [0.4, 0.5) is 0 Å². The fraction of sp³-hybridized carbons (Fsp3) is 0.667. The van der Waals surface area contributed by atoms with Crippen LogP contribution >= 0.6 is 0 Å². The van der Waals surface area contributed by atoms with Gasteiger partial charge in [-0.1, -0.05) is 12.8 Å². The topological polar surface area (TPSA) is 96.5 Å². The summed E-state index contributed by atoms with van der Waals surface area (Å²) in [6.07, 6.45) is 6.46. The number of ether oxygens (including phenoxy) is 2. The molecule has 1 aliphatic carbocycles. The molecule has 0 bridgehead atoms. The number of piperazine rings is 1. The highest BCUT2D eigenvalue weighted by molar-refractivity contribution is 7.89. The third kappa shape index (κ3) is 4.62. The van der Waals surface area contributed by atoms with Crippen molar-refractivity contribution in [2.24, 2.45) is 5.92 Å². The van der Waals surface area contributed by atoms with Crippen molar-refractivity contribution in [1.82, 2.24) is 14.1 Å². The van der Waals surface area contributed by atoms with E-state index in [1.165, 1.54) is 29.3 Å². The molecule has 4 aliphatic rings. The van der Waals surface area contributed by atoms with Crippen molar-refractivity contribution in [2.45, 2.75) is 55.9 Å². The van der Waals surface area contributed by atoms with Crippen molar-refractivity contribution >= 4 is 21.8 Å². The monoisotopic (exact) mass is 491 g/mol. The highest BCUT2D eigenvalue weighted by atomic mass is 32.2. The lowest BCUT2D eigenvalue weighted by atomic mass is 10.0. The van der Waals surface area contributed by atoms with Crippen molar-refractivity contribution in [3.05, 3.63) is 18.2 Å². The molecule has 3 heterocycles. The van der Waals surface area contributed by atoms with E-state index in [9.17, 15) is 18.0 Å². The molecular weight excluding hydrogens is 458 g/mol. The Balaban J connectivity index is 1.22. The van der Waals surface area contributed by atoms with E-state index in [1.54, 1.807) is 11.0 Å². The molecule has 0 spiro atoms. The first-order valence-corrected chi connectivity index (χ1v) is 13.9. The Morgan fingerprint density at radius 2 is 1.53 bits per heavy atom. The quantitative estimate of drug-likeness (QED) is 0.624. The number of carbonyl (C=O) groups is 2. The number of nitrogens with zero attached hydrogens (tertiary/aromatic N) is 3. The number of carbonyl (C=O) groups excluding carboxylic acids is 2. The van der Waals surface area contributed by atoms with Crippen LogP contribution in [0.1, 0.15) is 44.9 Å². The van der Waals surface area contributed by atoms with Gasteiger partial charge in [0.1, 0.15) is 19.3 Å². The van der Waals surface area contributed by atoms with Gasteiger partial charge in [0.25, 0.3) is 0 Å². The molecule has 0 radical (unpaired) electrons. The van der Waals surface area contributed by atoms with Crippen LogP contribution in [0, 0.1) is 5.92 Å². The van der Waals surface area contributed by atoms with Crippen molar-refractivity contribution in [3.63, 3.8) is 0 Å². The molecule has 1 unspecified atom stereocenters. The van der Waals surface area contributed by atoms with Crippen LogP contribution in [-0.4, -0.2) is 86.3 Å². The van der Waals surface area contributed by atoms with Gasteiger partial charge in [0.05, 0.1) is 4.90 Å². The minimum absolute atomic E-state index is 0.110. The SMILES string of the molecule is O=C(CC1CCCC1)N1CCN(C(=O)C2CCCN2S(=O)(=O)c2ccc3c(c2)OCCO3)CC1. The Morgan fingerprint density at radius 3 is 2.26 bits per heavy atom. The average Bonchev–Trinajstić information content (AvgIpc) is 3.56. The van der Waals surface area contributed by atoms with Gasteiger partial charge in [-0.3, -0.25) is 9.59 Å². The van der Waals surface area contributed by atoms with Crippen LogP contribution in [-0.2, 0) is 19.6 Å². The molecule has 2 saturated heterocycles. The predicted octanol–water partition coefficient (Wildman–Crippen LogP) is 1.86. The molecule has 9 nitrogen and oxygen atoms in total. The van der Waals surface area contributed by atoms with E-state index in [2.05, 4.69) is 0 Å². The first kappa shape index (κ1) is 23.4. The predicted molar refractivity (Wildman–Crippen MR) is 124 cm³/mol. The molecular formula is C24H33N3O6S. The summed E-state index contributed by atoms with van der Waals surface area (Å²) < 4.78 is 39.2. The molecule has 34 heavy (non-hydrogen) atoms. The maximum Gasteiger partial charge on any atom is 0.243 e. The molecule has 1 aromatic carbocycles. The summed E-state index contributed by atoms with van der Waals surface area (Å²) in [6.45, 7) is 3.04. The highest BCUT2D eigenvalue weighted by Gasteiger charge is 2.42. The number of fused-ring (bicyclic) bond motifs is 1. The second-order valence-corrected chi connectivity index (χ2v) is 11.5. The van der Waals surface area contributed by atoms with Crippen molar-refractivity contribution in [3.8, 4) is 11.5 Å². The summed E-state index contributed by atoms with van der Waals surface area (Å²) in [5, 5.41) is 0. The van der Waals surface area contributed by atoms with Crippen molar-refractivity contribution < 1.29 is 27.5 Å². The zero-order chi connectivity index (χ0) is 23.7. The van der Waals surface area contributed by atoms with Gasteiger partial charge in [-0.25, -0.2) is 8.42 Å². The van der Waals surface area contributed by atoms with Gasteiger partial charge in [0, 0.05) is 45.2 Å². The molecule has 3 fully saturated rings. The van der Waals surface area contributed by atoms with E-state index in [0.29, 0.717) is 82.6 Å². The third-order valence-corrected chi connectivity index (χ3v) is 9.40. The third-order valence-electron chi connectivity index (χ3n) is 7.49. The van der Waals surface area contributed by atoms with E-state index in [0.717, 1.165) is 12.8 Å². The molecule has 3 aliphatic heterocycles. The zero-order valence-electron chi connectivity index (χ0n) is 19.5. The van der Waals surface area contributed by atoms with Gasteiger partial charge in [-0.2, -0.15) is 4.31 Å². The van der Waals surface area contributed by atoms with Crippen molar-refractivity contribution in [2.75, 3.05) is 45.9 Å². The van der Waals surface area contributed by atoms with Gasteiger partial charge in [0.2, 0.25) is 21.8 Å². The summed E-state index contributed by atoms with van der Waals surface area (Å²) in [4.78, 5) is 29.7.